The largest absolute Gasteiger partial charge is 0.461 e. The van der Waals surface area contributed by atoms with E-state index in [0.717, 1.165) is 0 Å². The quantitative estimate of drug-likeness (QED) is 0.871. The highest BCUT2D eigenvalue weighted by Gasteiger charge is 2.09. The maximum absolute atomic E-state index is 5.96. The number of hydrogen-bond donors (Lipinski definition) is 2. The molecule has 0 fully saturated rings. The molecule has 0 aliphatic rings. The normalized spacial score (nSPS) is 10.6. The Bertz CT molecular complexity index is 616. The molecule has 0 radical (unpaired) electrons. The van der Waals surface area contributed by atoms with Gasteiger partial charge in [0.05, 0.1) is 6.10 Å². The molecular formula is C13H15Cl2N5O. The SMILES string of the molecule is CNc1nc(Nc2cc(Cl)cc(Cl)c2)nc(OC(C)C)n1. The van der Waals surface area contributed by atoms with Crippen LogP contribution >= 0.6 is 23.2 Å². The molecule has 0 saturated heterocycles. The van der Waals surface area contributed by atoms with E-state index in [-0.39, 0.29) is 12.1 Å². The van der Waals surface area contributed by atoms with E-state index in [1.54, 1.807) is 25.2 Å². The van der Waals surface area contributed by atoms with E-state index < -0.39 is 0 Å². The molecule has 2 rings (SSSR count). The van der Waals surface area contributed by atoms with Crippen molar-refractivity contribution >= 4 is 40.8 Å². The maximum Gasteiger partial charge on any atom is 0.323 e. The van der Waals surface area contributed by atoms with E-state index in [4.69, 9.17) is 27.9 Å². The molecule has 0 spiro atoms. The fourth-order valence-electron chi connectivity index (χ4n) is 1.54. The zero-order valence-electron chi connectivity index (χ0n) is 11.8. The van der Waals surface area contributed by atoms with Gasteiger partial charge in [0.15, 0.2) is 0 Å². The summed E-state index contributed by atoms with van der Waals surface area (Å²) in [4.78, 5) is 12.5. The molecule has 0 aliphatic carbocycles. The fraction of sp³-hybridized carbons (Fsp3) is 0.308. The Labute approximate surface area is 132 Å². The third-order valence-corrected chi connectivity index (χ3v) is 2.73. The standard InChI is InChI=1S/C13H15Cl2N5O/c1-7(2)21-13-19-11(16-3)18-12(20-13)17-10-5-8(14)4-9(15)6-10/h4-7H,1-3H3,(H2,16,17,18,19,20). The molecule has 0 bridgehead atoms. The Hall–Kier alpha value is -1.79. The predicted octanol–water partition coefficient (Wildman–Crippen LogP) is 3.75. The van der Waals surface area contributed by atoms with Crippen LogP contribution in [0.1, 0.15) is 13.8 Å². The number of rotatable bonds is 5. The molecule has 2 aromatic rings. The number of anilines is 3. The molecule has 0 atom stereocenters. The van der Waals surface area contributed by atoms with Gasteiger partial charge in [-0.1, -0.05) is 23.2 Å². The van der Waals surface area contributed by atoms with Crippen LogP contribution in [0.15, 0.2) is 18.2 Å². The van der Waals surface area contributed by atoms with Gasteiger partial charge in [-0.2, -0.15) is 15.0 Å². The number of nitrogens with one attached hydrogen (secondary N) is 2. The third kappa shape index (κ3) is 4.61. The first-order valence-electron chi connectivity index (χ1n) is 6.30. The van der Waals surface area contributed by atoms with E-state index in [1.807, 2.05) is 13.8 Å². The number of nitrogens with zero attached hydrogens (tertiary/aromatic N) is 3. The van der Waals surface area contributed by atoms with Gasteiger partial charge in [0, 0.05) is 22.8 Å². The molecule has 6 nitrogen and oxygen atoms in total. The second-order valence-corrected chi connectivity index (χ2v) is 5.34. The number of benzene rings is 1. The third-order valence-electron chi connectivity index (χ3n) is 2.30. The van der Waals surface area contributed by atoms with Crippen molar-refractivity contribution in [1.82, 2.24) is 15.0 Å². The van der Waals surface area contributed by atoms with E-state index in [1.165, 1.54) is 0 Å². The summed E-state index contributed by atoms with van der Waals surface area (Å²) in [5.74, 6) is 0.736. The predicted molar refractivity (Wildman–Crippen MR) is 84.9 cm³/mol. The van der Waals surface area contributed by atoms with Crippen LogP contribution < -0.4 is 15.4 Å². The number of ether oxygens (including phenoxy) is 1. The highest BCUT2D eigenvalue weighted by atomic mass is 35.5. The molecule has 0 saturated carbocycles. The summed E-state index contributed by atoms with van der Waals surface area (Å²) in [5.41, 5.74) is 0.677. The zero-order valence-corrected chi connectivity index (χ0v) is 13.3. The average Bonchev–Trinajstić information content (AvgIpc) is 2.36. The molecule has 0 amide bonds. The van der Waals surface area contributed by atoms with Crippen molar-refractivity contribution in [3.05, 3.63) is 28.2 Å². The van der Waals surface area contributed by atoms with Crippen LogP contribution in [0, 0.1) is 0 Å². The van der Waals surface area contributed by atoms with E-state index in [0.29, 0.717) is 27.6 Å². The molecule has 0 unspecified atom stereocenters. The van der Waals surface area contributed by atoms with Crippen LogP contribution in [0.25, 0.3) is 0 Å². The van der Waals surface area contributed by atoms with Gasteiger partial charge < -0.3 is 15.4 Å². The van der Waals surface area contributed by atoms with Gasteiger partial charge in [-0.15, -0.1) is 0 Å². The van der Waals surface area contributed by atoms with Crippen molar-refractivity contribution in [1.29, 1.82) is 0 Å². The Morgan fingerprint density at radius 3 is 2.19 bits per heavy atom. The van der Waals surface area contributed by atoms with Crippen molar-refractivity contribution in [2.24, 2.45) is 0 Å². The van der Waals surface area contributed by atoms with Gasteiger partial charge in [0.2, 0.25) is 11.9 Å². The van der Waals surface area contributed by atoms with E-state index in [9.17, 15) is 0 Å². The first-order chi connectivity index (χ1) is 9.96. The summed E-state index contributed by atoms with van der Waals surface area (Å²) >= 11 is 11.9. The van der Waals surface area contributed by atoms with E-state index in [2.05, 4.69) is 25.6 Å². The minimum Gasteiger partial charge on any atom is -0.461 e. The van der Waals surface area contributed by atoms with Crippen molar-refractivity contribution in [3.8, 4) is 6.01 Å². The van der Waals surface area contributed by atoms with Crippen molar-refractivity contribution in [3.63, 3.8) is 0 Å². The summed E-state index contributed by atoms with van der Waals surface area (Å²) in [7, 11) is 1.72. The Kier molecular flexibility index (Phi) is 5.03. The van der Waals surface area contributed by atoms with Gasteiger partial charge in [-0.05, 0) is 32.0 Å². The molecule has 0 aliphatic heterocycles. The van der Waals surface area contributed by atoms with Gasteiger partial charge in [0.1, 0.15) is 0 Å². The second kappa shape index (κ2) is 6.78. The van der Waals surface area contributed by atoms with Crippen LogP contribution in [0.4, 0.5) is 17.6 Å². The Morgan fingerprint density at radius 1 is 1.00 bits per heavy atom. The highest BCUT2D eigenvalue weighted by molar-refractivity contribution is 6.35. The molecular weight excluding hydrogens is 313 g/mol. The van der Waals surface area contributed by atoms with Crippen molar-refractivity contribution in [2.45, 2.75) is 20.0 Å². The summed E-state index contributed by atoms with van der Waals surface area (Å²) in [6.07, 6.45) is -0.0365. The smallest absolute Gasteiger partial charge is 0.323 e. The lowest BCUT2D eigenvalue weighted by Gasteiger charge is -2.11. The minimum absolute atomic E-state index is 0.0365. The van der Waals surface area contributed by atoms with Gasteiger partial charge in [0.25, 0.3) is 0 Å². The summed E-state index contributed by atoms with van der Waals surface area (Å²) in [5, 5.41) is 6.92. The Morgan fingerprint density at radius 2 is 1.62 bits per heavy atom. The lowest BCUT2D eigenvalue weighted by Crippen LogP contribution is -2.11. The number of hydrogen-bond acceptors (Lipinski definition) is 6. The molecule has 1 aromatic heterocycles. The van der Waals surface area contributed by atoms with Crippen LogP contribution in [0.3, 0.4) is 0 Å². The Balaban J connectivity index is 2.29. The topological polar surface area (TPSA) is 72.0 Å². The first kappa shape index (κ1) is 15.6. The zero-order chi connectivity index (χ0) is 15.4. The number of halogens is 2. The first-order valence-corrected chi connectivity index (χ1v) is 7.05. The molecule has 1 aromatic carbocycles. The van der Waals surface area contributed by atoms with Gasteiger partial charge in [-0.25, -0.2) is 0 Å². The maximum atomic E-state index is 5.96. The molecule has 8 heteroatoms. The van der Waals surface area contributed by atoms with Crippen molar-refractivity contribution < 1.29 is 4.74 Å². The average molecular weight is 328 g/mol. The molecule has 2 N–H and O–H groups in total. The second-order valence-electron chi connectivity index (χ2n) is 4.46. The van der Waals surface area contributed by atoms with Gasteiger partial charge in [-0.3, -0.25) is 0 Å². The molecule has 21 heavy (non-hydrogen) atoms. The fourth-order valence-corrected chi connectivity index (χ4v) is 2.07. The van der Waals surface area contributed by atoms with Gasteiger partial charge >= 0.3 is 6.01 Å². The van der Waals surface area contributed by atoms with Crippen LogP contribution in [0.2, 0.25) is 10.0 Å². The highest BCUT2D eigenvalue weighted by Crippen LogP contribution is 2.25. The number of aromatic nitrogens is 3. The van der Waals surface area contributed by atoms with Crippen LogP contribution in [-0.2, 0) is 0 Å². The van der Waals surface area contributed by atoms with Crippen molar-refractivity contribution in [2.75, 3.05) is 17.7 Å². The molecule has 112 valence electrons. The summed E-state index contributed by atoms with van der Waals surface area (Å²) in [6.45, 7) is 3.79. The lowest BCUT2D eigenvalue weighted by atomic mass is 10.3. The summed E-state index contributed by atoms with van der Waals surface area (Å²) in [6, 6.07) is 5.33. The lowest BCUT2D eigenvalue weighted by molar-refractivity contribution is 0.222. The van der Waals surface area contributed by atoms with Crippen LogP contribution in [-0.4, -0.2) is 28.1 Å². The van der Waals surface area contributed by atoms with Crippen LogP contribution in [0.5, 0.6) is 6.01 Å². The summed E-state index contributed by atoms with van der Waals surface area (Å²) < 4.78 is 5.49. The monoisotopic (exact) mass is 327 g/mol. The van der Waals surface area contributed by atoms with E-state index >= 15 is 0 Å². The minimum atomic E-state index is -0.0365. The molecule has 1 heterocycles.